The van der Waals surface area contributed by atoms with E-state index in [1.165, 1.54) is 0 Å². The molecule has 1 atom stereocenters. The summed E-state index contributed by atoms with van der Waals surface area (Å²) in [7, 11) is 1.76. The quantitative estimate of drug-likeness (QED) is 0.669. The molecule has 5 nitrogen and oxygen atoms in total. The highest BCUT2D eigenvalue weighted by atomic mass is 16.5. The van der Waals surface area contributed by atoms with Crippen molar-refractivity contribution in [2.75, 3.05) is 13.2 Å². The lowest BCUT2D eigenvalue weighted by Crippen LogP contribution is -2.08. The zero-order valence-electron chi connectivity index (χ0n) is 7.97. The van der Waals surface area contributed by atoms with E-state index in [0.29, 0.717) is 19.6 Å². The first-order valence-electron chi connectivity index (χ1n) is 4.36. The molecule has 0 spiro atoms. The summed E-state index contributed by atoms with van der Waals surface area (Å²) in [6.07, 6.45) is 1.61. The van der Waals surface area contributed by atoms with Gasteiger partial charge in [-0.3, -0.25) is 0 Å². The largest absolute Gasteiger partial charge is 0.387 e. The maximum atomic E-state index is 9.64. The SMILES string of the molecule is CCOCCC(O)c1cnnn1C. The Hall–Kier alpha value is -0.940. The van der Waals surface area contributed by atoms with Crippen molar-refractivity contribution in [3.63, 3.8) is 0 Å². The summed E-state index contributed by atoms with van der Waals surface area (Å²) in [5.41, 5.74) is 0.722. The Labute approximate surface area is 77.3 Å². The minimum atomic E-state index is -0.536. The minimum Gasteiger partial charge on any atom is -0.387 e. The molecule has 5 heteroatoms. The number of aliphatic hydroxyl groups is 1. The summed E-state index contributed by atoms with van der Waals surface area (Å²) < 4.78 is 6.70. The van der Waals surface area contributed by atoms with E-state index >= 15 is 0 Å². The third kappa shape index (κ3) is 2.78. The molecule has 0 radical (unpaired) electrons. The van der Waals surface area contributed by atoms with Gasteiger partial charge in [0, 0.05) is 26.7 Å². The van der Waals surface area contributed by atoms with Crippen molar-refractivity contribution in [3.8, 4) is 0 Å². The topological polar surface area (TPSA) is 60.2 Å². The molecule has 1 aromatic rings. The molecule has 0 fully saturated rings. The zero-order valence-corrected chi connectivity index (χ0v) is 7.97. The van der Waals surface area contributed by atoms with Crippen molar-refractivity contribution in [2.45, 2.75) is 19.4 Å². The number of ether oxygens (including phenoxy) is 1. The maximum Gasteiger partial charge on any atom is 0.0994 e. The Morgan fingerprint density at radius 3 is 3.00 bits per heavy atom. The van der Waals surface area contributed by atoms with E-state index in [1.807, 2.05) is 6.92 Å². The molecule has 1 N–H and O–H groups in total. The number of aromatic nitrogens is 3. The smallest absolute Gasteiger partial charge is 0.0994 e. The number of nitrogens with zero attached hydrogens (tertiary/aromatic N) is 3. The number of hydrogen-bond acceptors (Lipinski definition) is 4. The molecule has 1 rings (SSSR count). The molecule has 0 aliphatic rings. The van der Waals surface area contributed by atoms with Crippen molar-refractivity contribution >= 4 is 0 Å². The van der Waals surface area contributed by atoms with Gasteiger partial charge in [0.15, 0.2) is 0 Å². The highest BCUT2D eigenvalue weighted by Gasteiger charge is 2.11. The fourth-order valence-corrected chi connectivity index (χ4v) is 1.09. The van der Waals surface area contributed by atoms with Crippen LogP contribution in [0.15, 0.2) is 6.20 Å². The molecule has 0 bridgehead atoms. The van der Waals surface area contributed by atoms with Gasteiger partial charge in [-0.1, -0.05) is 5.21 Å². The third-order valence-corrected chi connectivity index (χ3v) is 1.83. The van der Waals surface area contributed by atoms with E-state index in [2.05, 4.69) is 10.3 Å². The van der Waals surface area contributed by atoms with E-state index in [-0.39, 0.29) is 0 Å². The van der Waals surface area contributed by atoms with Gasteiger partial charge in [0.05, 0.1) is 18.0 Å². The van der Waals surface area contributed by atoms with Gasteiger partial charge in [0.1, 0.15) is 0 Å². The summed E-state index contributed by atoms with van der Waals surface area (Å²) in [4.78, 5) is 0. The van der Waals surface area contributed by atoms with Crippen LogP contribution in [0, 0.1) is 0 Å². The number of rotatable bonds is 5. The third-order valence-electron chi connectivity index (χ3n) is 1.83. The Morgan fingerprint density at radius 2 is 2.46 bits per heavy atom. The lowest BCUT2D eigenvalue weighted by atomic mass is 10.2. The molecule has 0 aliphatic heterocycles. The molecular formula is C8H15N3O2. The van der Waals surface area contributed by atoms with Crippen LogP contribution in [0.5, 0.6) is 0 Å². The van der Waals surface area contributed by atoms with E-state index in [4.69, 9.17) is 4.74 Å². The van der Waals surface area contributed by atoms with Gasteiger partial charge in [0.2, 0.25) is 0 Å². The first-order valence-corrected chi connectivity index (χ1v) is 4.36. The lowest BCUT2D eigenvalue weighted by Gasteiger charge is -2.09. The lowest BCUT2D eigenvalue weighted by molar-refractivity contribution is 0.0847. The maximum absolute atomic E-state index is 9.64. The van der Waals surface area contributed by atoms with E-state index in [9.17, 15) is 5.11 Å². The summed E-state index contributed by atoms with van der Waals surface area (Å²) >= 11 is 0. The standard InChI is InChI=1S/C8H15N3O2/c1-3-13-5-4-8(12)7-6-9-10-11(7)2/h6,8,12H,3-5H2,1-2H3. The summed E-state index contributed by atoms with van der Waals surface area (Å²) in [5, 5.41) is 17.1. The molecule has 1 aromatic heterocycles. The Balaban J connectivity index is 2.39. The van der Waals surface area contributed by atoms with Crippen LogP contribution in [0.4, 0.5) is 0 Å². The average Bonchev–Trinajstić information content (AvgIpc) is 2.52. The van der Waals surface area contributed by atoms with Gasteiger partial charge in [-0.2, -0.15) is 0 Å². The molecule has 74 valence electrons. The summed E-state index contributed by atoms with van der Waals surface area (Å²) in [5.74, 6) is 0. The Morgan fingerprint density at radius 1 is 1.69 bits per heavy atom. The Kier molecular flexibility index (Phi) is 3.85. The van der Waals surface area contributed by atoms with Crippen molar-refractivity contribution in [3.05, 3.63) is 11.9 Å². The van der Waals surface area contributed by atoms with Crippen molar-refractivity contribution in [1.29, 1.82) is 0 Å². The molecule has 0 saturated heterocycles. The summed E-state index contributed by atoms with van der Waals surface area (Å²) in [6, 6.07) is 0. The predicted octanol–water partition coefficient (Wildman–Crippen LogP) is 0.275. The second kappa shape index (κ2) is 4.94. The number of aryl methyl sites for hydroxylation is 1. The van der Waals surface area contributed by atoms with Gasteiger partial charge in [0.25, 0.3) is 0 Å². The average molecular weight is 185 g/mol. The van der Waals surface area contributed by atoms with Gasteiger partial charge in [-0.15, -0.1) is 5.10 Å². The number of hydrogen-bond donors (Lipinski definition) is 1. The highest BCUT2D eigenvalue weighted by molar-refractivity contribution is 4.97. The van der Waals surface area contributed by atoms with Gasteiger partial charge in [-0.25, -0.2) is 4.68 Å². The first-order chi connectivity index (χ1) is 6.25. The molecular weight excluding hydrogens is 170 g/mol. The highest BCUT2D eigenvalue weighted by Crippen LogP contribution is 2.13. The van der Waals surface area contributed by atoms with Crippen molar-refractivity contribution < 1.29 is 9.84 Å². The van der Waals surface area contributed by atoms with Crippen LogP contribution in [0.25, 0.3) is 0 Å². The molecule has 13 heavy (non-hydrogen) atoms. The van der Waals surface area contributed by atoms with Gasteiger partial charge < -0.3 is 9.84 Å². The first kappa shape index (κ1) is 10.1. The van der Waals surface area contributed by atoms with E-state index in [0.717, 1.165) is 5.69 Å². The molecule has 0 amide bonds. The van der Waals surface area contributed by atoms with Crippen LogP contribution >= 0.6 is 0 Å². The van der Waals surface area contributed by atoms with Gasteiger partial charge >= 0.3 is 0 Å². The summed E-state index contributed by atoms with van der Waals surface area (Å²) in [6.45, 7) is 3.16. The second-order valence-electron chi connectivity index (χ2n) is 2.78. The van der Waals surface area contributed by atoms with Crippen LogP contribution in [-0.2, 0) is 11.8 Å². The molecule has 1 heterocycles. The molecule has 0 aromatic carbocycles. The minimum absolute atomic E-state index is 0.536. The number of aliphatic hydroxyl groups excluding tert-OH is 1. The van der Waals surface area contributed by atoms with Crippen LogP contribution < -0.4 is 0 Å². The fourth-order valence-electron chi connectivity index (χ4n) is 1.09. The van der Waals surface area contributed by atoms with Crippen LogP contribution in [0.3, 0.4) is 0 Å². The van der Waals surface area contributed by atoms with E-state index < -0.39 is 6.10 Å². The molecule has 1 unspecified atom stereocenters. The van der Waals surface area contributed by atoms with Crippen LogP contribution in [0.1, 0.15) is 25.1 Å². The van der Waals surface area contributed by atoms with Crippen molar-refractivity contribution in [2.24, 2.45) is 7.05 Å². The normalized spacial score (nSPS) is 13.2. The zero-order chi connectivity index (χ0) is 9.68. The van der Waals surface area contributed by atoms with Crippen molar-refractivity contribution in [1.82, 2.24) is 15.0 Å². The molecule has 0 saturated carbocycles. The predicted molar refractivity (Wildman–Crippen MR) is 47.1 cm³/mol. The fraction of sp³-hybridized carbons (Fsp3) is 0.750. The van der Waals surface area contributed by atoms with Crippen LogP contribution in [0.2, 0.25) is 0 Å². The van der Waals surface area contributed by atoms with Gasteiger partial charge in [-0.05, 0) is 6.92 Å². The van der Waals surface area contributed by atoms with E-state index in [1.54, 1.807) is 17.9 Å². The Bertz CT molecular complexity index is 249. The van der Waals surface area contributed by atoms with Crippen LogP contribution in [-0.4, -0.2) is 33.3 Å². The molecule has 0 aliphatic carbocycles. The monoisotopic (exact) mass is 185 g/mol. The second-order valence-corrected chi connectivity index (χ2v) is 2.78.